The summed E-state index contributed by atoms with van der Waals surface area (Å²) in [5.41, 5.74) is 2.72. The van der Waals surface area contributed by atoms with E-state index >= 15 is 0 Å². The van der Waals surface area contributed by atoms with Crippen molar-refractivity contribution in [1.29, 1.82) is 0 Å². The van der Waals surface area contributed by atoms with Crippen molar-refractivity contribution in [3.63, 3.8) is 0 Å². The molecule has 106 valence electrons. The van der Waals surface area contributed by atoms with Crippen LogP contribution in [0.5, 0.6) is 0 Å². The average molecular weight is 263 g/mol. The average Bonchev–Trinajstić information content (AvgIpc) is 2.91. The highest BCUT2D eigenvalue weighted by Gasteiger charge is 2.31. The molecule has 2 unspecified atom stereocenters. The van der Waals surface area contributed by atoms with Crippen LogP contribution < -0.4 is 5.32 Å². The van der Waals surface area contributed by atoms with Gasteiger partial charge in [-0.15, -0.1) is 0 Å². The number of nitrogens with zero attached hydrogens (tertiary/aromatic N) is 2. The van der Waals surface area contributed by atoms with Crippen LogP contribution in [-0.4, -0.2) is 28.8 Å². The molecular formula is C15H25N3O. The molecule has 4 nitrogen and oxygen atoms in total. The monoisotopic (exact) mass is 263 g/mol. The number of aromatic nitrogens is 2. The summed E-state index contributed by atoms with van der Waals surface area (Å²) in [6, 6.07) is 0.489. The number of hydrogen-bond donors (Lipinski definition) is 1. The molecule has 1 saturated heterocycles. The maximum atomic E-state index is 5.78. The van der Waals surface area contributed by atoms with Gasteiger partial charge >= 0.3 is 0 Å². The Hall–Kier alpha value is -0.870. The van der Waals surface area contributed by atoms with Crippen molar-refractivity contribution in [2.45, 2.75) is 58.7 Å². The second-order valence-electron chi connectivity index (χ2n) is 6.25. The predicted octanol–water partition coefficient (Wildman–Crippen LogP) is 2.08. The Bertz CT molecular complexity index is 452. The fraction of sp³-hybridized carbons (Fsp3) is 0.800. The zero-order chi connectivity index (χ0) is 13.4. The van der Waals surface area contributed by atoms with Gasteiger partial charge in [0.25, 0.3) is 0 Å². The standard InChI is InChI=1S/C15H25N3O/c1-10(2)8-15-17-12-9-16-6-4-14(12)18(15)13-5-7-19-11(13)3/h10-11,13,16H,4-9H2,1-3H3. The highest BCUT2D eigenvalue weighted by atomic mass is 16.5. The Morgan fingerprint density at radius 3 is 3.00 bits per heavy atom. The molecule has 2 aliphatic heterocycles. The minimum Gasteiger partial charge on any atom is -0.376 e. The summed E-state index contributed by atoms with van der Waals surface area (Å²) in [6.45, 7) is 9.62. The molecule has 0 bridgehead atoms. The zero-order valence-corrected chi connectivity index (χ0v) is 12.3. The van der Waals surface area contributed by atoms with Gasteiger partial charge in [-0.05, 0) is 19.3 Å². The van der Waals surface area contributed by atoms with Gasteiger partial charge in [-0.3, -0.25) is 0 Å². The molecule has 0 spiro atoms. The Kier molecular flexibility index (Phi) is 3.63. The molecule has 19 heavy (non-hydrogen) atoms. The first-order valence-electron chi connectivity index (χ1n) is 7.58. The topological polar surface area (TPSA) is 39.1 Å². The van der Waals surface area contributed by atoms with Gasteiger partial charge in [0.1, 0.15) is 5.82 Å². The van der Waals surface area contributed by atoms with Crippen molar-refractivity contribution in [1.82, 2.24) is 14.9 Å². The van der Waals surface area contributed by atoms with Crippen LogP contribution in [0.1, 0.15) is 50.4 Å². The maximum absolute atomic E-state index is 5.78. The second kappa shape index (κ2) is 5.25. The lowest BCUT2D eigenvalue weighted by atomic mass is 10.1. The number of ether oxygens (including phenoxy) is 1. The summed E-state index contributed by atoms with van der Waals surface area (Å²) >= 11 is 0. The molecule has 3 rings (SSSR count). The quantitative estimate of drug-likeness (QED) is 0.907. The maximum Gasteiger partial charge on any atom is 0.109 e. The van der Waals surface area contributed by atoms with Crippen molar-refractivity contribution < 1.29 is 4.74 Å². The van der Waals surface area contributed by atoms with E-state index in [1.807, 2.05) is 0 Å². The van der Waals surface area contributed by atoms with Crippen molar-refractivity contribution in [3.8, 4) is 0 Å². The van der Waals surface area contributed by atoms with Crippen LogP contribution in [-0.2, 0) is 24.1 Å². The smallest absolute Gasteiger partial charge is 0.109 e. The molecule has 1 aromatic heterocycles. The summed E-state index contributed by atoms with van der Waals surface area (Å²) in [7, 11) is 0. The second-order valence-corrected chi connectivity index (χ2v) is 6.25. The molecule has 0 aromatic carbocycles. The minimum absolute atomic E-state index is 0.319. The largest absolute Gasteiger partial charge is 0.376 e. The molecular weight excluding hydrogens is 238 g/mol. The van der Waals surface area contributed by atoms with Crippen molar-refractivity contribution >= 4 is 0 Å². The molecule has 1 fully saturated rings. The summed E-state index contributed by atoms with van der Waals surface area (Å²) in [6.07, 6.45) is 3.61. The summed E-state index contributed by atoms with van der Waals surface area (Å²) in [5, 5.41) is 3.43. The van der Waals surface area contributed by atoms with E-state index in [-0.39, 0.29) is 0 Å². The third kappa shape index (κ3) is 2.43. The van der Waals surface area contributed by atoms with E-state index in [2.05, 4.69) is 30.7 Å². The molecule has 0 saturated carbocycles. The van der Waals surface area contributed by atoms with E-state index in [0.29, 0.717) is 18.1 Å². The molecule has 1 N–H and O–H groups in total. The molecule has 0 radical (unpaired) electrons. The lowest BCUT2D eigenvalue weighted by Gasteiger charge is -2.24. The first-order valence-corrected chi connectivity index (χ1v) is 7.58. The molecule has 4 heteroatoms. The van der Waals surface area contributed by atoms with Crippen molar-refractivity contribution in [2.24, 2.45) is 5.92 Å². The number of imidazole rings is 1. The number of rotatable bonds is 3. The fourth-order valence-corrected chi connectivity index (χ4v) is 3.35. The predicted molar refractivity (Wildman–Crippen MR) is 75.2 cm³/mol. The first kappa shape index (κ1) is 13.1. The number of hydrogen-bond acceptors (Lipinski definition) is 3. The van der Waals surface area contributed by atoms with Gasteiger partial charge in [-0.2, -0.15) is 0 Å². The zero-order valence-electron chi connectivity index (χ0n) is 12.3. The third-order valence-corrected chi connectivity index (χ3v) is 4.26. The van der Waals surface area contributed by atoms with E-state index < -0.39 is 0 Å². The normalized spacial score (nSPS) is 26.9. The fourth-order valence-electron chi connectivity index (χ4n) is 3.35. The third-order valence-electron chi connectivity index (χ3n) is 4.26. The Morgan fingerprint density at radius 1 is 1.47 bits per heavy atom. The van der Waals surface area contributed by atoms with Crippen LogP contribution >= 0.6 is 0 Å². The van der Waals surface area contributed by atoms with Gasteiger partial charge < -0.3 is 14.6 Å². The van der Waals surface area contributed by atoms with Gasteiger partial charge in [-0.1, -0.05) is 13.8 Å². The Balaban J connectivity index is 2.00. The van der Waals surface area contributed by atoms with E-state index in [0.717, 1.165) is 39.0 Å². The highest BCUT2D eigenvalue weighted by Crippen LogP contribution is 2.31. The van der Waals surface area contributed by atoms with Crippen molar-refractivity contribution in [2.75, 3.05) is 13.2 Å². The first-order chi connectivity index (χ1) is 9.16. The minimum atomic E-state index is 0.319. The Labute approximate surface area is 115 Å². The van der Waals surface area contributed by atoms with Crippen LogP contribution in [0.4, 0.5) is 0 Å². The van der Waals surface area contributed by atoms with Gasteiger partial charge in [0, 0.05) is 38.2 Å². The molecule has 1 aromatic rings. The van der Waals surface area contributed by atoms with Gasteiger partial charge in [-0.25, -0.2) is 4.98 Å². The van der Waals surface area contributed by atoms with Gasteiger partial charge in [0.05, 0.1) is 17.8 Å². The molecule has 0 amide bonds. The Morgan fingerprint density at radius 2 is 2.32 bits per heavy atom. The summed E-state index contributed by atoms with van der Waals surface area (Å²) < 4.78 is 8.30. The van der Waals surface area contributed by atoms with Gasteiger partial charge in [0.2, 0.25) is 0 Å². The number of fused-ring (bicyclic) bond motifs is 1. The highest BCUT2D eigenvalue weighted by molar-refractivity contribution is 5.22. The molecule has 2 aliphatic rings. The molecule has 2 atom stereocenters. The van der Waals surface area contributed by atoms with Crippen molar-refractivity contribution in [3.05, 3.63) is 17.2 Å². The lowest BCUT2D eigenvalue weighted by molar-refractivity contribution is 0.106. The lowest BCUT2D eigenvalue weighted by Crippen LogP contribution is -2.28. The van der Waals surface area contributed by atoms with E-state index in [9.17, 15) is 0 Å². The van der Waals surface area contributed by atoms with Gasteiger partial charge in [0.15, 0.2) is 0 Å². The summed E-state index contributed by atoms with van der Waals surface area (Å²) in [4.78, 5) is 4.91. The van der Waals surface area contributed by atoms with Crippen LogP contribution in [0.2, 0.25) is 0 Å². The summed E-state index contributed by atoms with van der Waals surface area (Å²) in [5.74, 6) is 1.92. The van der Waals surface area contributed by atoms with E-state index in [4.69, 9.17) is 9.72 Å². The van der Waals surface area contributed by atoms with Crippen LogP contribution in [0, 0.1) is 5.92 Å². The van der Waals surface area contributed by atoms with E-state index in [1.54, 1.807) is 0 Å². The molecule has 3 heterocycles. The van der Waals surface area contributed by atoms with Crippen LogP contribution in [0.15, 0.2) is 0 Å². The SMILES string of the molecule is CC(C)Cc1nc2c(n1C1CCOC1C)CCNC2. The van der Waals surface area contributed by atoms with E-state index in [1.165, 1.54) is 17.2 Å². The van der Waals surface area contributed by atoms with Crippen LogP contribution in [0.25, 0.3) is 0 Å². The number of nitrogens with one attached hydrogen (secondary N) is 1. The van der Waals surface area contributed by atoms with Crippen LogP contribution in [0.3, 0.4) is 0 Å². The molecule has 0 aliphatic carbocycles.